The zero-order valence-corrected chi connectivity index (χ0v) is 7.89. The maximum absolute atomic E-state index is 5.52. The summed E-state index contributed by atoms with van der Waals surface area (Å²) < 4.78 is 10.3. The summed E-state index contributed by atoms with van der Waals surface area (Å²) in [6, 6.07) is 0. The van der Waals surface area contributed by atoms with Gasteiger partial charge in [0.05, 0.1) is 12.7 Å². The molecule has 0 saturated carbocycles. The standard InChI is InChI=1S/C8H19NO2/c1-8(2,6-10-3)7(5-9)11-4/h7H,5-6,9H2,1-4H3. The molecule has 0 spiro atoms. The lowest BCUT2D eigenvalue weighted by molar-refractivity contribution is -0.0291. The van der Waals surface area contributed by atoms with E-state index in [2.05, 4.69) is 13.8 Å². The lowest BCUT2D eigenvalue weighted by atomic mass is 9.87. The molecule has 0 aliphatic carbocycles. The van der Waals surface area contributed by atoms with Crippen molar-refractivity contribution in [2.24, 2.45) is 11.1 Å². The second-order valence-electron chi connectivity index (χ2n) is 3.38. The maximum atomic E-state index is 5.52. The van der Waals surface area contributed by atoms with Crippen LogP contribution >= 0.6 is 0 Å². The Morgan fingerprint density at radius 2 is 1.91 bits per heavy atom. The van der Waals surface area contributed by atoms with Gasteiger partial charge in [0.25, 0.3) is 0 Å². The largest absolute Gasteiger partial charge is 0.384 e. The smallest absolute Gasteiger partial charge is 0.0766 e. The van der Waals surface area contributed by atoms with Gasteiger partial charge in [0, 0.05) is 26.2 Å². The Morgan fingerprint density at radius 1 is 1.36 bits per heavy atom. The Balaban J connectivity index is 4.00. The van der Waals surface area contributed by atoms with Crippen molar-refractivity contribution in [2.75, 3.05) is 27.4 Å². The summed E-state index contributed by atoms with van der Waals surface area (Å²) in [4.78, 5) is 0. The third-order valence-electron chi connectivity index (χ3n) is 1.89. The summed E-state index contributed by atoms with van der Waals surface area (Å²) >= 11 is 0. The molecular weight excluding hydrogens is 142 g/mol. The molecular formula is C8H19NO2. The molecule has 0 aromatic carbocycles. The van der Waals surface area contributed by atoms with E-state index in [0.717, 1.165) is 0 Å². The van der Waals surface area contributed by atoms with E-state index in [9.17, 15) is 0 Å². The zero-order chi connectivity index (χ0) is 8.91. The van der Waals surface area contributed by atoms with Crippen molar-refractivity contribution in [3.05, 3.63) is 0 Å². The van der Waals surface area contributed by atoms with E-state index < -0.39 is 0 Å². The summed E-state index contributed by atoms with van der Waals surface area (Å²) in [5.41, 5.74) is 5.52. The molecule has 3 nitrogen and oxygen atoms in total. The van der Waals surface area contributed by atoms with Crippen molar-refractivity contribution in [1.29, 1.82) is 0 Å². The van der Waals surface area contributed by atoms with Crippen molar-refractivity contribution >= 4 is 0 Å². The van der Waals surface area contributed by atoms with Crippen LogP contribution in [-0.2, 0) is 9.47 Å². The lowest BCUT2D eigenvalue weighted by Gasteiger charge is -2.31. The molecule has 0 aromatic rings. The molecule has 68 valence electrons. The SMILES string of the molecule is COCC(C)(C)C(CN)OC. The highest BCUT2D eigenvalue weighted by Crippen LogP contribution is 2.22. The molecule has 0 aliphatic rings. The quantitative estimate of drug-likeness (QED) is 0.643. The fraction of sp³-hybridized carbons (Fsp3) is 1.00. The first-order valence-corrected chi connectivity index (χ1v) is 3.80. The molecule has 0 saturated heterocycles. The molecule has 0 radical (unpaired) electrons. The number of rotatable bonds is 5. The first-order valence-electron chi connectivity index (χ1n) is 3.80. The molecule has 2 N–H and O–H groups in total. The van der Waals surface area contributed by atoms with E-state index in [4.69, 9.17) is 15.2 Å². The number of nitrogens with two attached hydrogens (primary N) is 1. The first kappa shape index (κ1) is 10.9. The van der Waals surface area contributed by atoms with E-state index in [0.29, 0.717) is 13.2 Å². The fourth-order valence-electron chi connectivity index (χ4n) is 1.20. The zero-order valence-electron chi connectivity index (χ0n) is 7.89. The second-order valence-corrected chi connectivity index (χ2v) is 3.38. The Kier molecular flexibility index (Phi) is 4.65. The minimum atomic E-state index is -0.00174. The van der Waals surface area contributed by atoms with Crippen LogP contribution in [0.4, 0.5) is 0 Å². The van der Waals surface area contributed by atoms with Gasteiger partial charge >= 0.3 is 0 Å². The molecule has 0 bridgehead atoms. The van der Waals surface area contributed by atoms with Crippen LogP contribution in [0.3, 0.4) is 0 Å². The van der Waals surface area contributed by atoms with Gasteiger partial charge in [-0.05, 0) is 0 Å². The van der Waals surface area contributed by atoms with Crippen LogP contribution in [0.2, 0.25) is 0 Å². The first-order chi connectivity index (χ1) is 5.08. The highest BCUT2D eigenvalue weighted by atomic mass is 16.5. The van der Waals surface area contributed by atoms with Gasteiger partial charge in [-0.15, -0.1) is 0 Å². The summed E-state index contributed by atoms with van der Waals surface area (Å²) in [7, 11) is 3.36. The van der Waals surface area contributed by atoms with Crippen LogP contribution < -0.4 is 5.73 Å². The maximum Gasteiger partial charge on any atom is 0.0766 e. The molecule has 11 heavy (non-hydrogen) atoms. The molecule has 0 amide bonds. The van der Waals surface area contributed by atoms with Gasteiger partial charge in [0.15, 0.2) is 0 Å². The number of methoxy groups -OCH3 is 2. The Hall–Kier alpha value is -0.120. The van der Waals surface area contributed by atoms with E-state index in [1.54, 1.807) is 14.2 Å². The predicted molar refractivity (Wildman–Crippen MR) is 45.5 cm³/mol. The van der Waals surface area contributed by atoms with Crippen molar-refractivity contribution in [3.8, 4) is 0 Å². The Bertz CT molecular complexity index is 100. The van der Waals surface area contributed by atoms with Crippen LogP contribution in [0.5, 0.6) is 0 Å². The number of hydrogen-bond acceptors (Lipinski definition) is 3. The van der Waals surface area contributed by atoms with E-state index >= 15 is 0 Å². The highest BCUT2D eigenvalue weighted by Gasteiger charge is 2.28. The third-order valence-corrected chi connectivity index (χ3v) is 1.89. The molecule has 1 atom stereocenters. The molecule has 0 aliphatic heterocycles. The number of hydrogen-bond donors (Lipinski definition) is 1. The van der Waals surface area contributed by atoms with Gasteiger partial charge in [-0.2, -0.15) is 0 Å². The van der Waals surface area contributed by atoms with Crippen LogP contribution in [0.15, 0.2) is 0 Å². The van der Waals surface area contributed by atoms with E-state index in [1.165, 1.54) is 0 Å². The van der Waals surface area contributed by atoms with E-state index in [-0.39, 0.29) is 11.5 Å². The highest BCUT2D eigenvalue weighted by molar-refractivity contribution is 4.79. The molecule has 0 heterocycles. The molecule has 0 rings (SSSR count). The lowest BCUT2D eigenvalue weighted by Crippen LogP contribution is -2.40. The molecule has 0 fully saturated rings. The Morgan fingerprint density at radius 3 is 2.18 bits per heavy atom. The van der Waals surface area contributed by atoms with Gasteiger partial charge < -0.3 is 15.2 Å². The van der Waals surface area contributed by atoms with Crippen molar-refractivity contribution < 1.29 is 9.47 Å². The molecule has 1 unspecified atom stereocenters. The summed E-state index contributed by atoms with van der Waals surface area (Å²) in [6.45, 7) is 5.37. The van der Waals surface area contributed by atoms with Crippen molar-refractivity contribution in [3.63, 3.8) is 0 Å². The van der Waals surface area contributed by atoms with Crippen LogP contribution in [0.1, 0.15) is 13.8 Å². The molecule has 0 aromatic heterocycles. The van der Waals surface area contributed by atoms with Gasteiger partial charge in [-0.3, -0.25) is 0 Å². The normalized spacial score (nSPS) is 15.0. The summed E-state index contributed by atoms with van der Waals surface area (Å²) in [5.74, 6) is 0. The average Bonchev–Trinajstić information content (AvgIpc) is 1.89. The monoisotopic (exact) mass is 161 g/mol. The van der Waals surface area contributed by atoms with Gasteiger partial charge in [-0.1, -0.05) is 13.8 Å². The topological polar surface area (TPSA) is 44.5 Å². The van der Waals surface area contributed by atoms with Crippen molar-refractivity contribution in [2.45, 2.75) is 20.0 Å². The van der Waals surface area contributed by atoms with E-state index in [1.807, 2.05) is 0 Å². The molecule has 3 heteroatoms. The van der Waals surface area contributed by atoms with Crippen molar-refractivity contribution in [1.82, 2.24) is 0 Å². The minimum Gasteiger partial charge on any atom is -0.384 e. The Labute approximate surface area is 68.9 Å². The van der Waals surface area contributed by atoms with Gasteiger partial charge in [-0.25, -0.2) is 0 Å². The van der Waals surface area contributed by atoms with Crippen LogP contribution in [0, 0.1) is 5.41 Å². The van der Waals surface area contributed by atoms with Crippen LogP contribution in [-0.4, -0.2) is 33.5 Å². The van der Waals surface area contributed by atoms with Gasteiger partial charge in [0.1, 0.15) is 0 Å². The minimum absolute atomic E-state index is 0.00174. The predicted octanol–water partition coefficient (Wildman–Crippen LogP) is 0.633. The van der Waals surface area contributed by atoms with Crippen LogP contribution in [0.25, 0.3) is 0 Å². The summed E-state index contributed by atoms with van der Waals surface area (Å²) in [6.07, 6.45) is 0.0717. The van der Waals surface area contributed by atoms with Gasteiger partial charge in [0.2, 0.25) is 0 Å². The summed E-state index contributed by atoms with van der Waals surface area (Å²) in [5, 5.41) is 0. The number of ether oxygens (including phenoxy) is 2. The second kappa shape index (κ2) is 4.70. The fourth-order valence-corrected chi connectivity index (χ4v) is 1.20. The third kappa shape index (κ3) is 3.18. The average molecular weight is 161 g/mol.